The molecular formula is C9H15N3O2. The van der Waals surface area contributed by atoms with Crippen LogP contribution in [0.15, 0.2) is 0 Å². The van der Waals surface area contributed by atoms with Gasteiger partial charge in [-0.3, -0.25) is 25.3 Å². The van der Waals surface area contributed by atoms with Crippen LogP contribution in [0.3, 0.4) is 0 Å². The lowest BCUT2D eigenvalue weighted by molar-refractivity contribution is -0.139. The lowest BCUT2D eigenvalue weighted by Crippen LogP contribution is -2.59. The Kier molecular flexibility index (Phi) is 2.67. The zero-order chi connectivity index (χ0) is 9.97. The summed E-state index contributed by atoms with van der Waals surface area (Å²) >= 11 is 0. The fourth-order valence-corrected chi connectivity index (χ4v) is 2.06. The molecule has 2 aliphatic rings. The second-order valence-corrected chi connectivity index (χ2v) is 3.85. The topological polar surface area (TPSA) is 61.4 Å². The summed E-state index contributed by atoms with van der Waals surface area (Å²) in [7, 11) is 0. The van der Waals surface area contributed by atoms with Crippen molar-refractivity contribution in [2.24, 2.45) is 0 Å². The van der Waals surface area contributed by atoms with Crippen LogP contribution < -0.4 is 10.9 Å². The highest BCUT2D eigenvalue weighted by Crippen LogP contribution is 2.15. The minimum atomic E-state index is -0.246. The molecule has 2 N–H and O–H groups in total. The van der Waals surface area contributed by atoms with Gasteiger partial charge in [0.2, 0.25) is 5.91 Å². The van der Waals surface area contributed by atoms with Crippen molar-refractivity contribution in [1.29, 1.82) is 0 Å². The number of hydrogen-bond acceptors (Lipinski definition) is 3. The number of rotatable bonds is 1. The van der Waals surface area contributed by atoms with Crippen LogP contribution in [0.25, 0.3) is 0 Å². The predicted octanol–water partition coefficient (Wildman–Crippen LogP) is -0.608. The van der Waals surface area contributed by atoms with Crippen molar-refractivity contribution in [2.75, 3.05) is 13.1 Å². The normalized spacial score (nSPS) is 29.6. The van der Waals surface area contributed by atoms with E-state index >= 15 is 0 Å². The van der Waals surface area contributed by atoms with Gasteiger partial charge in [-0.2, -0.15) is 0 Å². The molecular weight excluding hydrogens is 182 g/mol. The summed E-state index contributed by atoms with van der Waals surface area (Å²) in [5.41, 5.74) is 4.73. The third kappa shape index (κ3) is 1.87. The molecule has 0 spiro atoms. The van der Waals surface area contributed by atoms with Gasteiger partial charge in [-0.15, -0.1) is 0 Å². The van der Waals surface area contributed by atoms with Gasteiger partial charge in [0.25, 0.3) is 5.91 Å². The van der Waals surface area contributed by atoms with Gasteiger partial charge in [0, 0.05) is 0 Å². The van der Waals surface area contributed by atoms with Crippen LogP contribution in [-0.4, -0.2) is 35.8 Å². The second kappa shape index (κ2) is 3.96. The first-order valence-corrected chi connectivity index (χ1v) is 5.10. The van der Waals surface area contributed by atoms with Crippen molar-refractivity contribution < 1.29 is 9.59 Å². The second-order valence-electron chi connectivity index (χ2n) is 3.85. The molecule has 0 saturated carbocycles. The molecule has 2 amide bonds. The first-order valence-electron chi connectivity index (χ1n) is 5.10. The van der Waals surface area contributed by atoms with Gasteiger partial charge in [0.05, 0.1) is 12.5 Å². The largest absolute Gasteiger partial charge is 0.291 e. The van der Waals surface area contributed by atoms with E-state index in [1.54, 1.807) is 0 Å². The van der Waals surface area contributed by atoms with Gasteiger partial charge in [-0.05, 0) is 25.9 Å². The van der Waals surface area contributed by atoms with E-state index in [-0.39, 0.29) is 17.9 Å². The molecule has 0 aromatic heterocycles. The Labute approximate surface area is 82.8 Å². The fraction of sp³-hybridized carbons (Fsp3) is 0.778. The van der Waals surface area contributed by atoms with Crippen LogP contribution in [0.2, 0.25) is 0 Å². The Morgan fingerprint density at radius 2 is 1.79 bits per heavy atom. The maximum absolute atomic E-state index is 11.5. The summed E-state index contributed by atoms with van der Waals surface area (Å²) in [5, 5.41) is 0. The van der Waals surface area contributed by atoms with E-state index in [1.165, 1.54) is 6.42 Å². The van der Waals surface area contributed by atoms with E-state index in [0.29, 0.717) is 6.42 Å². The zero-order valence-electron chi connectivity index (χ0n) is 8.08. The van der Waals surface area contributed by atoms with Crippen molar-refractivity contribution in [3.05, 3.63) is 0 Å². The number of nitrogens with one attached hydrogen (secondary N) is 2. The Hall–Kier alpha value is -1.10. The monoisotopic (exact) mass is 197 g/mol. The van der Waals surface area contributed by atoms with Crippen molar-refractivity contribution >= 4 is 11.8 Å². The van der Waals surface area contributed by atoms with Crippen molar-refractivity contribution in [3.8, 4) is 0 Å². The molecule has 0 radical (unpaired) electrons. The molecule has 2 heterocycles. The summed E-state index contributed by atoms with van der Waals surface area (Å²) in [6.07, 6.45) is 3.79. The first kappa shape index (κ1) is 9.45. The highest BCUT2D eigenvalue weighted by atomic mass is 16.2. The van der Waals surface area contributed by atoms with E-state index in [1.807, 2.05) is 0 Å². The van der Waals surface area contributed by atoms with Crippen molar-refractivity contribution in [1.82, 2.24) is 15.8 Å². The summed E-state index contributed by atoms with van der Waals surface area (Å²) in [6, 6.07) is -0.246. The maximum Gasteiger partial charge on any atom is 0.256 e. The third-order valence-corrected chi connectivity index (χ3v) is 2.84. The molecule has 78 valence electrons. The van der Waals surface area contributed by atoms with Crippen LogP contribution in [0, 0.1) is 0 Å². The quantitative estimate of drug-likeness (QED) is 0.589. The van der Waals surface area contributed by atoms with Crippen molar-refractivity contribution in [2.45, 2.75) is 31.7 Å². The zero-order valence-corrected chi connectivity index (χ0v) is 8.08. The third-order valence-electron chi connectivity index (χ3n) is 2.84. The fourth-order valence-electron chi connectivity index (χ4n) is 2.06. The number of nitrogens with zero attached hydrogens (tertiary/aromatic N) is 1. The van der Waals surface area contributed by atoms with E-state index < -0.39 is 0 Å². The molecule has 2 saturated heterocycles. The Bertz CT molecular complexity index is 248. The SMILES string of the molecule is O=C1C[C@@H](N2CCCCC2)C(=O)NN1. The summed E-state index contributed by atoms with van der Waals surface area (Å²) in [6.45, 7) is 1.87. The van der Waals surface area contributed by atoms with Gasteiger partial charge in [-0.1, -0.05) is 6.42 Å². The lowest BCUT2D eigenvalue weighted by Gasteiger charge is -2.35. The number of carbonyl (C=O) groups excluding carboxylic acids is 2. The molecule has 0 unspecified atom stereocenters. The van der Waals surface area contributed by atoms with Crippen LogP contribution in [-0.2, 0) is 9.59 Å². The number of hydrogen-bond donors (Lipinski definition) is 2. The van der Waals surface area contributed by atoms with Gasteiger partial charge < -0.3 is 0 Å². The van der Waals surface area contributed by atoms with Crippen LogP contribution in [0.1, 0.15) is 25.7 Å². The predicted molar refractivity (Wildman–Crippen MR) is 50.1 cm³/mol. The van der Waals surface area contributed by atoms with Gasteiger partial charge in [0.1, 0.15) is 0 Å². The summed E-state index contributed by atoms with van der Waals surface area (Å²) in [5.74, 6) is -0.174. The van der Waals surface area contributed by atoms with Gasteiger partial charge >= 0.3 is 0 Å². The first-order chi connectivity index (χ1) is 6.77. The average Bonchev–Trinajstić information content (AvgIpc) is 2.23. The lowest BCUT2D eigenvalue weighted by atomic mass is 10.0. The van der Waals surface area contributed by atoms with E-state index in [9.17, 15) is 9.59 Å². The molecule has 2 aliphatic heterocycles. The minimum absolute atomic E-state index is 0.0773. The standard InChI is InChI=1S/C9H15N3O2/c13-8-6-7(9(14)11-10-8)12-4-2-1-3-5-12/h7H,1-6H2,(H,10,13)(H,11,14)/t7-/m1/s1. The minimum Gasteiger partial charge on any atom is -0.291 e. The Morgan fingerprint density at radius 3 is 2.50 bits per heavy atom. The summed E-state index contributed by atoms with van der Waals surface area (Å²) < 4.78 is 0. The number of likely N-dealkylation sites (tertiary alicyclic amines) is 1. The highest BCUT2D eigenvalue weighted by molar-refractivity contribution is 5.93. The Morgan fingerprint density at radius 1 is 1.07 bits per heavy atom. The summed E-state index contributed by atoms with van der Waals surface area (Å²) in [4.78, 5) is 24.7. The molecule has 14 heavy (non-hydrogen) atoms. The number of hydrazine groups is 1. The molecule has 2 rings (SSSR count). The van der Waals surface area contributed by atoms with Gasteiger partial charge in [-0.25, -0.2) is 0 Å². The van der Waals surface area contributed by atoms with Crippen LogP contribution >= 0.6 is 0 Å². The number of carbonyl (C=O) groups is 2. The van der Waals surface area contributed by atoms with Crippen LogP contribution in [0.4, 0.5) is 0 Å². The smallest absolute Gasteiger partial charge is 0.256 e. The molecule has 1 atom stereocenters. The maximum atomic E-state index is 11.5. The molecule has 0 bridgehead atoms. The van der Waals surface area contributed by atoms with Gasteiger partial charge in [0.15, 0.2) is 0 Å². The number of piperidine rings is 1. The Balaban J connectivity index is 1.99. The molecule has 0 aromatic carbocycles. The van der Waals surface area contributed by atoms with E-state index in [0.717, 1.165) is 25.9 Å². The molecule has 5 heteroatoms. The highest BCUT2D eigenvalue weighted by Gasteiger charge is 2.32. The average molecular weight is 197 g/mol. The van der Waals surface area contributed by atoms with E-state index in [2.05, 4.69) is 15.8 Å². The molecule has 2 fully saturated rings. The van der Waals surface area contributed by atoms with Crippen molar-refractivity contribution in [3.63, 3.8) is 0 Å². The number of amides is 2. The molecule has 5 nitrogen and oxygen atoms in total. The molecule has 0 aliphatic carbocycles. The molecule has 0 aromatic rings. The van der Waals surface area contributed by atoms with E-state index in [4.69, 9.17) is 0 Å². The van der Waals surface area contributed by atoms with Crippen LogP contribution in [0.5, 0.6) is 0 Å².